The first-order chi connectivity index (χ1) is 7.86. The second-order valence-corrected chi connectivity index (χ2v) is 4.15. The van der Waals surface area contributed by atoms with Gasteiger partial charge in [0.05, 0.1) is 11.8 Å². The molecule has 5 nitrogen and oxygen atoms in total. The summed E-state index contributed by atoms with van der Waals surface area (Å²) >= 11 is 0. The third-order valence-electron chi connectivity index (χ3n) is 2.90. The van der Waals surface area contributed by atoms with E-state index in [1.54, 1.807) is 6.20 Å². The molecule has 88 valence electrons. The fourth-order valence-electron chi connectivity index (χ4n) is 1.99. The Morgan fingerprint density at radius 1 is 1.50 bits per heavy atom. The first-order valence-electron chi connectivity index (χ1n) is 5.85. The van der Waals surface area contributed by atoms with Crippen LogP contribution in [0.3, 0.4) is 0 Å². The number of nitrogens with one attached hydrogen (secondary N) is 2. The zero-order valence-corrected chi connectivity index (χ0v) is 9.41. The Hall–Kier alpha value is -1.36. The molecular weight excluding hydrogens is 204 g/mol. The SMILES string of the molecule is O=C(NCCCN1CCCC1)c1cn[nH]c1. The Morgan fingerprint density at radius 2 is 2.31 bits per heavy atom. The van der Waals surface area contributed by atoms with Gasteiger partial charge in [-0.25, -0.2) is 0 Å². The predicted molar refractivity (Wildman–Crippen MR) is 61.2 cm³/mol. The molecule has 1 aliphatic rings. The van der Waals surface area contributed by atoms with E-state index in [1.165, 1.54) is 32.1 Å². The molecule has 1 amide bonds. The highest BCUT2D eigenvalue weighted by Crippen LogP contribution is 2.06. The van der Waals surface area contributed by atoms with Crippen LogP contribution in [0.15, 0.2) is 12.4 Å². The van der Waals surface area contributed by atoms with Gasteiger partial charge in [0.25, 0.3) is 5.91 Å². The molecule has 1 aliphatic heterocycles. The van der Waals surface area contributed by atoms with Crippen LogP contribution in [0.5, 0.6) is 0 Å². The topological polar surface area (TPSA) is 61.0 Å². The summed E-state index contributed by atoms with van der Waals surface area (Å²) in [6, 6.07) is 0. The smallest absolute Gasteiger partial charge is 0.254 e. The van der Waals surface area contributed by atoms with Gasteiger partial charge < -0.3 is 10.2 Å². The van der Waals surface area contributed by atoms with E-state index >= 15 is 0 Å². The highest BCUT2D eigenvalue weighted by Gasteiger charge is 2.10. The number of amides is 1. The van der Waals surface area contributed by atoms with Crippen molar-refractivity contribution in [3.8, 4) is 0 Å². The molecule has 1 aromatic rings. The van der Waals surface area contributed by atoms with Crippen LogP contribution in [0.4, 0.5) is 0 Å². The molecule has 1 fully saturated rings. The molecule has 16 heavy (non-hydrogen) atoms. The molecule has 0 radical (unpaired) electrons. The van der Waals surface area contributed by atoms with E-state index in [9.17, 15) is 4.79 Å². The number of hydrogen-bond acceptors (Lipinski definition) is 3. The maximum absolute atomic E-state index is 11.5. The van der Waals surface area contributed by atoms with E-state index in [2.05, 4.69) is 20.4 Å². The number of carbonyl (C=O) groups is 1. The lowest BCUT2D eigenvalue weighted by atomic mass is 10.3. The maximum Gasteiger partial charge on any atom is 0.254 e. The molecule has 2 N–H and O–H groups in total. The summed E-state index contributed by atoms with van der Waals surface area (Å²) in [6.45, 7) is 4.26. The van der Waals surface area contributed by atoms with Gasteiger partial charge in [-0.15, -0.1) is 0 Å². The fourth-order valence-corrected chi connectivity index (χ4v) is 1.99. The summed E-state index contributed by atoms with van der Waals surface area (Å²) < 4.78 is 0. The van der Waals surface area contributed by atoms with Crippen molar-refractivity contribution in [2.75, 3.05) is 26.2 Å². The zero-order valence-electron chi connectivity index (χ0n) is 9.41. The van der Waals surface area contributed by atoms with Crippen LogP contribution >= 0.6 is 0 Å². The second kappa shape index (κ2) is 5.65. The summed E-state index contributed by atoms with van der Waals surface area (Å²) in [6.07, 6.45) is 6.80. The van der Waals surface area contributed by atoms with Crippen LogP contribution in [-0.2, 0) is 0 Å². The first-order valence-corrected chi connectivity index (χ1v) is 5.85. The van der Waals surface area contributed by atoms with Crippen molar-refractivity contribution in [1.29, 1.82) is 0 Å². The average molecular weight is 222 g/mol. The van der Waals surface area contributed by atoms with Crippen molar-refractivity contribution in [3.05, 3.63) is 18.0 Å². The van der Waals surface area contributed by atoms with E-state index in [4.69, 9.17) is 0 Å². The number of carbonyl (C=O) groups excluding carboxylic acids is 1. The van der Waals surface area contributed by atoms with E-state index < -0.39 is 0 Å². The van der Waals surface area contributed by atoms with Crippen molar-refractivity contribution in [3.63, 3.8) is 0 Å². The van der Waals surface area contributed by atoms with Crippen LogP contribution in [0.2, 0.25) is 0 Å². The zero-order chi connectivity index (χ0) is 11.2. The van der Waals surface area contributed by atoms with Gasteiger partial charge in [0.2, 0.25) is 0 Å². The molecule has 1 saturated heterocycles. The Labute approximate surface area is 95.2 Å². The quantitative estimate of drug-likeness (QED) is 0.718. The molecule has 0 spiro atoms. The van der Waals surface area contributed by atoms with Crippen LogP contribution in [0, 0.1) is 0 Å². The number of likely N-dealkylation sites (tertiary alicyclic amines) is 1. The number of H-pyrrole nitrogens is 1. The van der Waals surface area contributed by atoms with Crippen LogP contribution < -0.4 is 5.32 Å². The number of nitrogens with zero attached hydrogens (tertiary/aromatic N) is 2. The lowest BCUT2D eigenvalue weighted by Crippen LogP contribution is -2.28. The molecule has 0 aliphatic carbocycles. The predicted octanol–water partition coefficient (Wildman–Crippen LogP) is 0.625. The van der Waals surface area contributed by atoms with Crippen LogP contribution in [0.1, 0.15) is 29.6 Å². The summed E-state index contributed by atoms with van der Waals surface area (Å²) in [5.74, 6) is -0.0461. The van der Waals surface area contributed by atoms with Gasteiger partial charge in [-0.1, -0.05) is 0 Å². The summed E-state index contributed by atoms with van der Waals surface area (Å²) in [5, 5.41) is 9.25. The molecule has 0 bridgehead atoms. The minimum atomic E-state index is -0.0461. The van der Waals surface area contributed by atoms with Crippen molar-refractivity contribution < 1.29 is 4.79 Å². The van der Waals surface area contributed by atoms with Gasteiger partial charge in [0.15, 0.2) is 0 Å². The average Bonchev–Trinajstić information content (AvgIpc) is 2.96. The van der Waals surface area contributed by atoms with E-state index in [0.717, 1.165) is 19.5 Å². The van der Waals surface area contributed by atoms with Crippen molar-refractivity contribution in [1.82, 2.24) is 20.4 Å². The molecule has 5 heteroatoms. The minimum Gasteiger partial charge on any atom is -0.352 e. The molecule has 2 heterocycles. The second-order valence-electron chi connectivity index (χ2n) is 4.15. The summed E-state index contributed by atoms with van der Waals surface area (Å²) in [5.41, 5.74) is 0.598. The summed E-state index contributed by atoms with van der Waals surface area (Å²) in [7, 11) is 0. The number of hydrogen-bond donors (Lipinski definition) is 2. The van der Waals surface area contributed by atoms with E-state index in [-0.39, 0.29) is 5.91 Å². The van der Waals surface area contributed by atoms with Gasteiger partial charge >= 0.3 is 0 Å². The van der Waals surface area contributed by atoms with E-state index in [1.807, 2.05) is 0 Å². The normalized spacial score (nSPS) is 16.5. The van der Waals surface area contributed by atoms with E-state index in [0.29, 0.717) is 5.56 Å². The van der Waals surface area contributed by atoms with Gasteiger partial charge in [-0.05, 0) is 38.9 Å². The Balaban J connectivity index is 1.59. The largest absolute Gasteiger partial charge is 0.352 e. The number of aromatic nitrogens is 2. The number of rotatable bonds is 5. The van der Waals surface area contributed by atoms with Crippen molar-refractivity contribution in [2.24, 2.45) is 0 Å². The first kappa shape index (κ1) is 11.1. The molecule has 0 unspecified atom stereocenters. The maximum atomic E-state index is 11.5. The van der Waals surface area contributed by atoms with Gasteiger partial charge in [0.1, 0.15) is 0 Å². The molecule has 0 atom stereocenters. The highest BCUT2D eigenvalue weighted by atomic mass is 16.1. The Bertz CT molecular complexity index is 317. The number of aromatic amines is 1. The van der Waals surface area contributed by atoms with Crippen LogP contribution in [0.25, 0.3) is 0 Å². The van der Waals surface area contributed by atoms with Gasteiger partial charge in [0, 0.05) is 12.7 Å². The van der Waals surface area contributed by atoms with Gasteiger partial charge in [-0.3, -0.25) is 9.89 Å². The molecule has 2 rings (SSSR count). The standard InChI is InChI=1S/C11H18N4O/c16-11(10-8-13-14-9-10)12-4-3-7-15-5-1-2-6-15/h8-9H,1-7H2,(H,12,16)(H,13,14). The molecular formula is C11H18N4O. The Morgan fingerprint density at radius 3 is 3.00 bits per heavy atom. The van der Waals surface area contributed by atoms with Gasteiger partial charge in [-0.2, -0.15) is 5.10 Å². The van der Waals surface area contributed by atoms with Crippen molar-refractivity contribution >= 4 is 5.91 Å². The molecule has 0 saturated carbocycles. The lowest BCUT2D eigenvalue weighted by Gasteiger charge is -2.13. The highest BCUT2D eigenvalue weighted by molar-refractivity contribution is 5.93. The molecule has 0 aromatic carbocycles. The fraction of sp³-hybridized carbons (Fsp3) is 0.636. The lowest BCUT2D eigenvalue weighted by molar-refractivity contribution is 0.0952. The Kier molecular flexibility index (Phi) is 3.93. The third kappa shape index (κ3) is 3.06. The minimum absolute atomic E-state index is 0.0461. The van der Waals surface area contributed by atoms with Crippen molar-refractivity contribution in [2.45, 2.75) is 19.3 Å². The van der Waals surface area contributed by atoms with Crippen LogP contribution in [-0.4, -0.2) is 47.2 Å². The molecule has 1 aromatic heterocycles. The third-order valence-corrected chi connectivity index (χ3v) is 2.90. The monoisotopic (exact) mass is 222 g/mol. The summed E-state index contributed by atoms with van der Waals surface area (Å²) in [4.78, 5) is 14.0.